The van der Waals surface area contributed by atoms with E-state index in [1.54, 1.807) is 17.8 Å². The number of halogens is 1. The Morgan fingerprint density at radius 3 is 2.47 bits per heavy atom. The van der Waals surface area contributed by atoms with E-state index >= 15 is 0 Å². The Hall–Kier alpha value is -1.12. The van der Waals surface area contributed by atoms with Gasteiger partial charge in [0.1, 0.15) is 11.6 Å². The van der Waals surface area contributed by atoms with Gasteiger partial charge in [-0.15, -0.1) is 11.8 Å². The Labute approximate surface area is 228 Å². The van der Waals surface area contributed by atoms with Gasteiger partial charge in [-0.25, -0.2) is 4.39 Å². The van der Waals surface area contributed by atoms with E-state index in [0.29, 0.717) is 5.92 Å². The van der Waals surface area contributed by atoms with Crippen LogP contribution < -0.4 is 0 Å². The van der Waals surface area contributed by atoms with Crippen molar-refractivity contribution in [3.63, 3.8) is 0 Å². The predicted molar refractivity (Wildman–Crippen MR) is 165 cm³/mol. The molecule has 0 spiro atoms. The van der Waals surface area contributed by atoms with E-state index in [-0.39, 0.29) is 18.0 Å². The molecule has 3 unspecified atom stereocenters. The van der Waals surface area contributed by atoms with Crippen molar-refractivity contribution in [3.8, 4) is 0 Å². The Morgan fingerprint density at radius 1 is 1.17 bits per heavy atom. The first-order chi connectivity index (χ1) is 17.3. The molecule has 0 bridgehead atoms. The minimum atomic E-state index is -0.0273. The summed E-state index contributed by atoms with van der Waals surface area (Å²) >= 11 is 1.67. The molecule has 1 aliphatic carbocycles. The summed E-state index contributed by atoms with van der Waals surface area (Å²) < 4.78 is 19.8. The molecule has 2 nitrogen and oxygen atoms in total. The lowest BCUT2D eigenvalue weighted by atomic mass is 9.96. The Kier molecular flexibility index (Phi) is 17.4. The lowest BCUT2D eigenvalue weighted by molar-refractivity contribution is 0.153. The normalized spacial score (nSPS) is 17.1. The molecule has 0 radical (unpaired) electrons. The second-order valence-corrected chi connectivity index (χ2v) is 11.5. The van der Waals surface area contributed by atoms with Crippen LogP contribution in [0.2, 0.25) is 0 Å². The van der Waals surface area contributed by atoms with Gasteiger partial charge < -0.3 is 4.74 Å². The average molecular weight is 536 g/mol. The Bertz CT molecular complexity index is 824. The van der Waals surface area contributed by atoms with E-state index in [1.165, 1.54) is 23.9 Å². The third-order valence-corrected chi connectivity index (χ3v) is 8.15. The summed E-state index contributed by atoms with van der Waals surface area (Å²) in [6.07, 6.45) is 18.7. The molecule has 204 valence electrons. The van der Waals surface area contributed by atoms with Crippen LogP contribution in [0, 0.1) is 5.92 Å². The van der Waals surface area contributed by atoms with Gasteiger partial charge in [-0.3, -0.25) is 4.99 Å². The minimum Gasteiger partial charge on any atom is -0.491 e. The zero-order chi connectivity index (χ0) is 26.9. The van der Waals surface area contributed by atoms with Crippen molar-refractivity contribution in [2.45, 2.75) is 118 Å². The van der Waals surface area contributed by atoms with E-state index in [4.69, 9.17) is 9.73 Å². The Morgan fingerprint density at radius 2 is 1.89 bits per heavy atom. The maximum Gasteiger partial charge on any atom is 0.132 e. The number of hydrogen-bond acceptors (Lipinski definition) is 3. The van der Waals surface area contributed by atoms with Crippen LogP contribution in [0.25, 0.3) is 0 Å². The van der Waals surface area contributed by atoms with Crippen LogP contribution >= 0.6 is 21.0 Å². The fourth-order valence-electron chi connectivity index (χ4n) is 4.36. The van der Waals surface area contributed by atoms with E-state index in [1.807, 2.05) is 19.1 Å². The topological polar surface area (TPSA) is 21.6 Å². The number of rotatable bonds is 18. The molecular formula is C31H51FNOPS. The van der Waals surface area contributed by atoms with Gasteiger partial charge >= 0.3 is 0 Å². The highest BCUT2D eigenvalue weighted by molar-refractivity contribution is 8.03. The minimum absolute atomic E-state index is 0.0273. The molecular weight excluding hydrogens is 484 g/mol. The van der Waals surface area contributed by atoms with Crippen LogP contribution in [0.5, 0.6) is 0 Å². The summed E-state index contributed by atoms with van der Waals surface area (Å²) in [6, 6.07) is 0.0821. The summed E-state index contributed by atoms with van der Waals surface area (Å²) in [5.74, 6) is 2.40. The SMILES string of the molecule is C=C(/C=C(CC)\C(=C/C)OC(C)C)C(CC)N=C(P)C(CCC)CCCCCSC1=CCCC=C1F. The van der Waals surface area contributed by atoms with Crippen LogP contribution in [0.1, 0.15) is 106 Å². The van der Waals surface area contributed by atoms with Gasteiger partial charge in [0.25, 0.3) is 0 Å². The molecule has 1 rings (SSSR count). The molecule has 0 saturated heterocycles. The van der Waals surface area contributed by atoms with Crippen molar-refractivity contribution >= 4 is 26.5 Å². The van der Waals surface area contributed by atoms with Crippen LogP contribution in [0.4, 0.5) is 4.39 Å². The highest BCUT2D eigenvalue weighted by atomic mass is 32.2. The maximum atomic E-state index is 13.8. The molecule has 0 fully saturated rings. The summed E-state index contributed by atoms with van der Waals surface area (Å²) in [4.78, 5) is 5.99. The molecule has 5 heteroatoms. The fraction of sp³-hybridized carbons (Fsp3) is 0.645. The largest absolute Gasteiger partial charge is 0.491 e. The fourth-order valence-corrected chi connectivity index (χ4v) is 5.90. The quantitative estimate of drug-likeness (QED) is 0.0572. The third kappa shape index (κ3) is 12.4. The van der Waals surface area contributed by atoms with Gasteiger partial charge in [-0.2, -0.15) is 0 Å². The molecule has 0 aromatic carbocycles. The zero-order valence-electron chi connectivity index (χ0n) is 23.7. The van der Waals surface area contributed by atoms with Gasteiger partial charge in [-0.05, 0) is 94.8 Å². The van der Waals surface area contributed by atoms with Crippen LogP contribution in [-0.4, -0.2) is 23.4 Å². The number of nitrogens with zero attached hydrogens (tertiary/aromatic N) is 1. The first kappa shape index (κ1) is 32.9. The predicted octanol–water partition coefficient (Wildman–Crippen LogP) is 10.5. The van der Waals surface area contributed by atoms with Crippen LogP contribution in [0.3, 0.4) is 0 Å². The van der Waals surface area contributed by atoms with Crippen molar-refractivity contribution < 1.29 is 9.13 Å². The molecule has 0 saturated carbocycles. The summed E-state index contributed by atoms with van der Waals surface area (Å²) in [5, 5.41) is 0. The van der Waals surface area contributed by atoms with Gasteiger partial charge in [0.2, 0.25) is 0 Å². The molecule has 36 heavy (non-hydrogen) atoms. The molecule has 0 heterocycles. The van der Waals surface area contributed by atoms with Gasteiger partial charge in [0, 0.05) is 16.3 Å². The van der Waals surface area contributed by atoms with Crippen LogP contribution in [-0.2, 0) is 4.74 Å². The number of thioether (sulfide) groups is 1. The zero-order valence-corrected chi connectivity index (χ0v) is 25.7. The van der Waals surface area contributed by atoms with Crippen molar-refractivity contribution in [1.29, 1.82) is 0 Å². The Balaban J connectivity index is 2.70. The van der Waals surface area contributed by atoms with E-state index in [0.717, 1.165) is 73.4 Å². The molecule has 3 atom stereocenters. The number of unbranched alkanes of at least 4 members (excludes halogenated alkanes) is 2. The monoisotopic (exact) mass is 535 g/mol. The number of hydrogen-bond donors (Lipinski definition) is 0. The standard InChI is InChI=1S/C31H51FNOPS/c1-8-17-26(18-13-12-16-21-36-30-20-15-14-19-27(30)32)31(35)33-28(10-3)24(7)22-25(9-2)29(11-4)34-23(5)6/h11,19-20,22-23,26,28H,7-10,12-18,21,35H2,1-6H3/b25-22-,29-11+,33-31?. The first-order valence-corrected chi connectivity index (χ1v) is 15.6. The molecule has 0 aliphatic heterocycles. The van der Waals surface area contributed by atoms with Crippen molar-refractivity contribution in [3.05, 3.63) is 58.5 Å². The highest BCUT2D eigenvalue weighted by Gasteiger charge is 2.16. The molecule has 0 amide bonds. The van der Waals surface area contributed by atoms with Crippen molar-refractivity contribution in [1.82, 2.24) is 0 Å². The summed E-state index contributed by atoms with van der Waals surface area (Å²) in [6.45, 7) is 17.1. The van der Waals surface area contributed by atoms with E-state index in [9.17, 15) is 4.39 Å². The van der Waals surface area contributed by atoms with E-state index in [2.05, 4.69) is 56.5 Å². The number of aliphatic imine (C=N–C) groups is 1. The summed E-state index contributed by atoms with van der Waals surface area (Å²) in [7, 11) is 2.94. The van der Waals surface area contributed by atoms with Gasteiger partial charge in [0.15, 0.2) is 0 Å². The molecule has 0 aromatic heterocycles. The second kappa shape index (κ2) is 19.0. The van der Waals surface area contributed by atoms with E-state index < -0.39 is 0 Å². The van der Waals surface area contributed by atoms with Gasteiger partial charge in [0.05, 0.1) is 12.1 Å². The lowest BCUT2D eigenvalue weighted by Gasteiger charge is -2.20. The number of ether oxygens (including phenoxy) is 1. The average Bonchev–Trinajstić information content (AvgIpc) is 2.86. The molecule has 0 N–H and O–H groups in total. The second-order valence-electron chi connectivity index (χ2n) is 9.78. The first-order valence-electron chi connectivity index (χ1n) is 14.0. The van der Waals surface area contributed by atoms with Crippen molar-refractivity contribution in [2.75, 3.05) is 5.75 Å². The highest BCUT2D eigenvalue weighted by Crippen LogP contribution is 2.31. The van der Waals surface area contributed by atoms with Gasteiger partial charge in [-0.1, -0.05) is 68.0 Å². The summed E-state index contributed by atoms with van der Waals surface area (Å²) in [5.41, 5.74) is 3.40. The third-order valence-electron chi connectivity index (χ3n) is 6.37. The molecule has 1 aliphatic rings. The van der Waals surface area contributed by atoms with Crippen LogP contribution in [0.15, 0.2) is 63.5 Å². The molecule has 0 aromatic rings. The van der Waals surface area contributed by atoms with Crippen molar-refractivity contribution in [2.24, 2.45) is 10.9 Å². The lowest BCUT2D eigenvalue weighted by Crippen LogP contribution is -2.14. The number of allylic oxidation sites excluding steroid dienone is 5. The smallest absolute Gasteiger partial charge is 0.132 e. The maximum absolute atomic E-state index is 13.8.